The number of nitrogens with zero attached hydrogens (tertiary/aromatic N) is 1. The Kier molecular flexibility index (Phi) is 5.58. The van der Waals surface area contributed by atoms with Gasteiger partial charge in [0.1, 0.15) is 5.75 Å². The summed E-state index contributed by atoms with van der Waals surface area (Å²) in [6.07, 6.45) is 6.79. The van der Waals surface area contributed by atoms with Crippen molar-refractivity contribution in [1.82, 2.24) is 5.32 Å². The van der Waals surface area contributed by atoms with Crippen LogP contribution >= 0.6 is 0 Å². The van der Waals surface area contributed by atoms with Gasteiger partial charge in [-0.3, -0.25) is 4.79 Å². The molecule has 1 saturated heterocycles. The molecule has 5 nitrogen and oxygen atoms in total. The molecule has 5 heteroatoms. The highest BCUT2D eigenvalue weighted by molar-refractivity contribution is 5.78. The summed E-state index contributed by atoms with van der Waals surface area (Å²) < 4.78 is 5.49. The fraction of sp³-hybridized carbons (Fsp3) is 0.682. The zero-order valence-electron chi connectivity index (χ0n) is 16.4. The first kappa shape index (κ1) is 18.6. The van der Waals surface area contributed by atoms with E-state index in [-0.39, 0.29) is 11.8 Å². The molecule has 2 saturated carbocycles. The van der Waals surface area contributed by atoms with E-state index < -0.39 is 0 Å². The zero-order valence-corrected chi connectivity index (χ0v) is 16.4. The average Bonchev–Trinajstić information content (AvgIpc) is 3.14. The van der Waals surface area contributed by atoms with Gasteiger partial charge in [0.2, 0.25) is 5.91 Å². The van der Waals surface area contributed by atoms with Crippen LogP contribution in [0.4, 0.5) is 5.69 Å². The molecule has 3 aliphatic rings. The standard InChI is InChI=1S/C22H33N3O2/c1-27-20-8-3-2-7-19(20)25-10-9-15(14-25)13-24-22(26)18-11-16-5-4-6-17(12-18)21(16)23/h2-3,7-8,15-18,21H,4-6,9-14,23H2,1H3,(H,24,26). The van der Waals surface area contributed by atoms with E-state index in [0.29, 0.717) is 23.8 Å². The van der Waals surface area contributed by atoms with Crippen LogP contribution in [0, 0.1) is 23.7 Å². The number of amides is 1. The smallest absolute Gasteiger partial charge is 0.223 e. The number of ether oxygens (including phenoxy) is 1. The van der Waals surface area contributed by atoms with Crippen molar-refractivity contribution in [3.05, 3.63) is 24.3 Å². The van der Waals surface area contributed by atoms with Crippen molar-refractivity contribution < 1.29 is 9.53 Å². The molecular formula is C22H33N3O2. The van der Waals surface area contributed by atoms with Gasteiger partial charge in [0.05, 0.1) is 12.8 Å². The van der Waals surface area contributed by atoms with E-state index >= 15 is 0 Å². The van der Waals surface area contributed by atoms with Gasteiger partial charge >= 0.3 is 0 Å². The monoisotopic (exact) mass is 371 g/mol. The first-order chi connectivity index (χ1) is 13.2. The number of para-hydroxylation sites is 2. The molecule has 3 unspecified atom stereocenters. The molecule has 1 amide bonds. The van der Waals surface area contributed by atoms with Crippen LogP contribution in [0.3, 0.4) is 0 Å². The van der Waals surface area contributed by atoms with Gasteiger partial charge in [-0.05, 0) is 62.0 Å². The Morgan fingerprint density at radius 1 is 1.22 bits per heavy atom. The van der Waals surface area contributed by atoms with Crippen molar-refractivity contribution in [1.29, 1.82) is 0 Å². The van der Waals surface area contributed by atoms with Gasteiger partial charge in [-0.2, -0.15) is 0 Å². The molecule has 1 aliphatic heterocycles. The van der Waals surface area contributed by atoms with Gasteiger partial charge in [-0.1, -0.05) is 18.6 Å². The highest BCUT2D eigenvalue weighted by Crippen LogP contribution is 2.42. The van der Waals surface area contributed by atoms with Crippen LogP contribution in [0.5, 0.6) is 5.75 Å². The zero-order chi connectivity index (χ0) is 18.8. The largest absolute Gasteiger partial charge is 0.495 e. The fourth-order valence-electron chi connectivity index (χ4n) is 5.50. The molecule has 27 heavy (non-hydrogen) atoms. The molecule has 2 bridgehead atoms. The summed E-state index contributed by atoms with van der Waals surface area (Å²) >= 11 is 0. The van der Waals surface area contributed by atoms with Crippen LogP contribution in [0.1, 0.15) is 38.5 Å². The maximum Gasteiger partial charge on any atom is 0.223 e. The van der Waals surface area contributed by atoms with Crippen molar-refractivity contribution in [3.8, 4) is 5.75 Å². The first-order valence-electron chi connectivity index (χ1n) is 10.6. The van der Waals surface area contributed by atoms with Crippen LogP contribution in [0.2, 0.25) is 0 Å². The Bertz CT molecular complexity index is 651. The molecule has 0 aromatic heterocycles. The SMILES string of the molecule is COc1ccccc1N1CCC(CNC(=O)C2CC3CCCC(C2)C3N)C1. The quantitative estimate of drug-likeness (QED) is 0.835. The first-order valence-corrected chi connectivity index (χ1v) is 10.6. The summed E-state index contributed by atoms with van der Waals surface area (Å²) in [5.74, 6) is 2.97. The average molecular weight is 372 g/mol. The van der Waals surface area contributed by atoms with E-state index in [0.717, 1.165) is 50.3 Å². The summed E-state index contributed by atoms with van der Waals surface area (Å²) in [5, 5.41) is 3.26. The lowest BCUT2D eigenvalue weighted by molar-refractivity contribution is -0.128. The van der Waals surface area contributed by atoms with Gasteiger partial charge in [0, 0.05) is 31.6 Å². The third-order valence-corrected chi connectivity index (χ3v) is 7.06. The maximum atomic E-state index is 12.8. The second-order valence-electron chi connectivity index (χ2n) is 8.71. The Balaban J connectivity index is 1.28. The number of rotatable bonds is 5. The van der Waals surface area contributed by atoms with Gasteiger partial charge in [0.15, 0.2) is 0 Å². The van der Waals surface area contributed by atoms with Gasteiger partial charge in [-0.25, -0.2) is 0 Å². The van der Waals surface area contributed by atoms with Crippen LogP contribution in [0.15, 0.2) is 24.3 Å². The molecule has 2 aliphatic carbocycles. The topological polar surface area (TPSA) is 67.6 Å². The van der Waals surface area contributed by atoms with Crippen LogP contribution in [-0.4, -0.2) is 38.7 Å². The van der Waals surface area contributed by atoms with Crippen molar-refractivity contribution in [3.63, 3.8) is 0 Å². The van der Waals surface area contributed by atoms with Crippen LogP contribution in [0.25, 0.3) is 0 Å². The molecule has 1 aromatic rings. The molecule has 3 fully saturated rings. The van der Waals surface area contributed by atoms with Gasteiger partial charge in [0.25, 0.3) is 0 Å². The lowest BCUT2D eigenvalue weighted by atomic mass is 9.65. The van der Waals surface area contributed by atoms with E-state index in [1.165, 1.54) is 19.3 Å². The normalized spacial score (nSPS) is 33.0. The number of nitrogens with one attached hydrogen (secondary N) is 1. The molecular weight excluding hydrogens is 338 g/mol. The summed E-state index contributed by atoms with van der Waals surface area (Å²) in [7, 11) is 1.72. The van der Waals surface area contributed by atoms with E-state index in [4.69, 9.17) is 10.5 Å². The number of carbonyl (C=O) groups excluding carboxylic acids is 1. The second kappa shape index (κ2) is 8.09. The van der Waals surface area contributed by atoms with E-state index in [2.05, 4.69) is 22.3 Å². The Morgan fingerprint density at radius 2 is 1.96 bits per heavy atom. The summed E-state index contributed by atoms with van der Waals surface area (Å²) in [6.45, 7) is 2.77. The third kappa shape index (κ3) is 3.93. The van der Waals surface area contributed by atoms with Crippen molar-refractivity contribution in [2.75, 3.05) is 31.6 Å². The predicted molar refractivity (Wildman–Crippen MR) is 108 cm³/mol. The molecule has 0 radical (unpaired) electrons. The Hall–Kier alpha value is -1.75. The van der Waals surface area contributed by atoms with Crippen molar-refractivity contribution in [2.45, 2.75) is 44.6 Å². The molecule has 4 rings (SSSR count). The number of benzene rings is 1. The molecule has 0 spiro atoms. The van der Waals surface area contributed by atoms with Gasteiger partial charge < -0.3 is 20.7 Å². The minimum absolute atomic E-state index is 0.173. The maximum absolute atomic E-state index is 12.8. The van der Waals surface area contributed by atoms with Crippen molar-refractivity contribution >= 4 is 11.6 Å². The Labute approximate surface area is 162 Å². The summed E-state index contributed by atoms with van der Waals surface area (Å²) in [4.78, 5) is 15.1. The number of carbonyl (C=O) groups is 1. The number of hydrogen-bond acceptors (Lipinski definition) is 4. The van der Waals surface area contributed by atoms with E-state index in [1.54, 1.807) is 7.11 Å². The molecule has 148 valence electrons. The van der Waals surface area contributed by atoms with E-state index in [1.807, 2.05) is 12.1 Å². The minimum Gasteiger partial charge on any atom is -0.495 e. The lowest BCUT2D eigenvalue weighted by Gasteiger charge is -2.43. The number of fused-ring (bicyclic) bond motifs is 2. The van der Waals surface area contributed by atoms with Crippen molar-refractivity contribution in [2.24, 2.45) is 29.4 Å². The second-order valence-corrected chi connectivity index (χ2v) is 8.71. The number of nitrogens with two attached hydrogens (primary N) is 1. The van der Waals surface area contributed by atoms with Crippen LogP contribution in [-0.2, 0) is 4.79 Å². The highest BCUT2D eigenvalue weighted by atomic mass is 16.5. The van der Waals surface area contributed by atoms with E-state index in [9.17, 15) is 4.79 Å². The van der Waals surface area contributed by atoms with Gasteiger partial charge in [-0.15, -0.1) is 0 Å². The minimum atomic E-state index is 0.173. The molecule has 1 aromatic carbocycles. The Morgan fingerprint density at radius 3 is 2.70 bits per heavy atom. The third-order valence-electron chi connectivity index (χ3n) is 7.06. The number of methoxy groups -OCH3 is 1. The summed E-state index contributed by atoms with van der Waals surface area (Å²) in [5.41, 5.74) is 7.52. The molecule has 3 atom stereocenters. The lowest BCUT2D eigenvalue weighted by Crippen LogP contribution is -2.49. The number of anilines is 1. The number of hydrogen-bond donors (Lipinski definition) is 2. The van der Waals surface area contributed by atoms with Crippen LogP contribution < -0.4 is 20.7 Å². The highest BCUT2D eigenvalue weighted by Gasteiger charge is 2.40. The molecule has 1 heterocycles. The predicted octanol–water partition coefficient (Wildman–Crippen LogP) is 2.79. The molecule has 3 N–H and O–H groups in total. The fourth-order valence-corrected chi connectivity index (χ4v) is 5.50. The summed E-state index contributed by atoms with van der Waals surface area (Å²) in [6, 6.07) is 8.50.